The topological polar surface area (TPSA) is 46.2 Å². The summed E-state index contributed by atoms with van der Waals surface area (Å²) in [7, 11) is -2.73. The molecule has 4 heteroatoms. The standard InChI is InChI=1S/C7H15NO2S/c1-2-3-11(9,10)6-7-4-8-5-7/h7-8H,2-6H2,1H3. The number of hydrogen-bond acceptors (Lipinski definition) is 3. The lowest BCUT2D eigenvalue weighted by Crippen LogP contribution is -2.45. The summed E-state index contributed by atoms with van der Waals surface area (Å²) in [5.74, 6) is 1.11. The normalized spacial score (nSPS) is 19.7. The largest absolute Gasteiger partial charge is 0.316 e. The third-order valence-corrected chi connectivity index (χ3v) is 3.88. The zero-order valence-corrected chi connectivity index (χ0v) is 7.65. The highest BCUT2D eigenvalue weighted by molar-refractivity contribution is 7.91. The van der Waals surface area contributed by atoms with Crippen LogP contribution in [0.25, 0.3) is 0 Å². The van der Waals surface area contributed by atoms with Gasteiger partial charge in [0, 0.05) is 18.8 Å². The highest BCUT2D eigenvalue weighted by Crippen LogP contribution is 2.07. The fourth-order valence-electron chi connectivity index (χ4n) is 1.22. The third-order valence-electron chi connectivity index (χ3n) is 1.87. The first-order valence-corrected chi connectivity index (χ1v) is 5.87. The van der Waals surface area contributed by atoms with Gasteiger partial charge < -0.3 is 5.32 Å². The molecule has 0 aromatic heterocycles. The van der Waals surface area contributed by atoms with Crippen LogP contribution in [0.2, 0.25) is 0 Å². The Morgan fingerprint density at radius 3 is 2.45 bits per heavy atom. The van der Waals surface area contributed by atoms with Crippen molar-refractivity contribution < 1.29 is 8.42 Å². The Morgan fingerprint density at radius 1 is 1.45 bits per heavy atom. The molecule has 66 valence electrons. The lowest BCUT2D eigenvalue weighted by atomic mass is 10.1. The molecule has 0 spiro atoms. The van der Waals surface area contributed by atoms with E-state index in [1.54, 1.807) is 0 Å². The second-order valence-corrected chi connectivity index (χ2v) is 5.37. The summed E-state index contributed by atoms with van der Waals surface area (Å²) in [4.78, 5) is 0. The Bertz CT molecular complexity index is 206. The predicted octanol–water partition coefficient (Wildman–Crippen LogP) is 0.0306. The van der Waals surface area contributed by atoms with Crippen LogP contribution < -0.4 is 5.32 Å². The van der Waals surface area contributed by atoms with Crippen LogP contribution in [0.5, 0.6) is 0 Å². The Kier molecular flexibility index (Phi) is 2.90. The quantitative estimate of drug-likeness (QED) is 0.659. The summed E-state index contributed by atoms with van der Waals surface area (Å²) >= 11 is 0. The average Bonchev–Trinajstić information content (AvgIpc) is 1.79. The molecule has 1 rings (SSSR count). The molecule has 1 saturated heterocycles. The molecular formula is C7H15NO2S. The van der Waals surface area contributed by atoms with E-state index >= 15 is 0 Å². The first-order chi connectivity index (χ1) is 5.14. The van der Waals surface area contributed by atoms with E-state index in [1.807, 2.05) is 6.92 Å². The molecule has 0 saturated carbocycles. The van der Waals surface area contributed by atoms with E-state index in [9.17, 15) is 8.42 Å². The monoisotopic (exact) mass is 177 g/mol. The van der Waals surface area contributed by atoms with Crippen LogP contribution in [0, 0.1) is 5.92 Å². The summed E-state index contributed by atoms with van der Waals surface area (Å²) in [5.41, 5.74) is 0. The molecule has 1 aliphatic rings. The van der Waals surface area contributed by atoms with Crippen LogP contribution in [-0.4, -0.2) is 33.0 Å². The molecule has 1 N–H and O–H groups in total. The summed E-state index contributed by atoms with van der Waals surface area (Å²) in [6.45, 7) is 3.66. The van der Waals surface area contributed by atoms with Gasteiger partial charge in [-0.3, -0.25) is 0 Å². The molecule has 0 aromatic carbocycles. The molecule has 0 aromatic rings. The molecule has 1 aliphatic heterocycles. The van der Waals surface area contributed by atoms with E-state index in [4.69, 9.17) is 0 Å². The summed E-state index contributed by atoms with van der Waals surface area (Å²) in [5, 5.41) is 3.06. The van der Waals surface area contributed by atoms with Crippen LogP contribution in [-0.2, 0) is 9.84 Å². The fourth-order valence-corrected chi connectivity index (χ4v) is 2.96. The second-order valence-electron chi connectivity index (χ2n) is 3.14. The van der Waals surface area contributed by atoms with Crippen LogP contribution >= 0.6 is 0 Å². The van der Waals surface area contributed by atoms with Crippen LogP contribution in [0.3, 0.4) is 0 Å². The van der Waals surface area contributed by atoms with E-state index in [2.05, 4.69) is 5.32 Å². The van der Waals surface area contributed by atoms with E-state index in [1.165, 1.54) is 0 Å². The summed E-state index contributed by atoms with van der Waals surface area (Å²) < 4.78 is 22.4. The zero-order chi connectivity index (χ0) is 8.32. The van der Waals surface area contributed by atoms with Crippen LogP contribution in [0.1, 0.15) is 13.3 Å². The van der Waals surface area contributed by atoms with Gasteiger partial charge in [0.2, 0.25) is 0 Å². The average molecular weight is 177 g/mol. The molecule has 0 aliphatic carbocycles. The van der Waals surface area contributed by atoms with Crippen molar-refractivity contribution in [3.05, 3.63) is 0 Å². The lowest BCUT2D eigenvalue weighted by molar-refractivity contribution is 0.378. The van der Waals surface area contributed by atoms with Gasteiger partial charge in [0.1, 0.15) is 0 Å². The number of nitrogens with one attached hydrogen (secondary N) is 1. The molecular weight excluding hydrogens is 162 g/mol. The van der Waals surface area contributed by atoms with Crippen molar-refractivity contribution in [2.75, 3.05) is 24.6 Å². The number of sulfone groups is 1. The van der Waals surface area contributed by atoms with Gasteiger partial charge in [-0.15, -0.1) is 0 Å². The highest BCUT2D eigenvalue weighted by Gasteiger charge is 2.23. The van der Waals surface area contributed by atoms with Crippen molar-refractivity contribution in [1.29, 1.82) is 0 Å². The Labute approximate surface area is 68.1 Å². The van der Waals surface area contributed by atoms with Crippen molar-refractivity contribution in [3.8, 4) is 0 Å². The zero-order valence-electron chi connectivity index (χ0n) is 6.84. The van der Waals surface area contributed by atoms with Crippen LogP contribution in [0.15, 0.2) is 0 Å². The SMILES string of the molecule is CCCS(=O)(=O)CC1CNC1. The van der Waals surface area contributed by atoms with Crippen molar-refractivity contribution in [3.63, 3.8) is 0 Å². The van der Waals surface area contributed by atoms with Crippen LogP contribution in [0.4, 0.5) is 0 Å². The molecule has 11 heavy (non-hydrogen) atoms. The number of rotatable bonds is 4. The van der Waals surface area contributed by atoms with Gasteiger partial charge in [0.15, 0.2) is 9.84 Å². The minimum absolute atomic E-state index is 0.351. The molecule has 3 nitrogen and oxygen atoms in total. The lowest BCUT2D eigenvalue weighted by Gasteiger charge is -2.26. The summed E-state index contributed by atoms with van der Waals surface area (Å²) in [6, 6.07) is 0. The molecule has 0 unspecified atom stereocenters. The third kappa shape index (κ3) is 2.79. The van der Waals surface area contributed by atoms with Gasteiger partial charge in [0.25, 0.3) is 0 Å². The molecule has 0 bridgehead atoms. The Morgan fingerprint density at radius 2 is 2.09 bits per heavy atom. The van der Waals surface area contributed by atoms with Crippen molar-refractivity contribution in [1.82, 2.24) is 5.32 Å². The van der Waals surface area contributed by atoms with E-state index in [0.717, 1.165) is 19.5 Å². The Balaban J connectivity index is 2.33. The van der Waals surface area contributed by atoms with Gasteiger partial charge in [-0.25, -0.2) is 8.42 Å². The minimum atomic E-state index is -2.73. The maximum absolute atomic E-state index is 11.2. The van der Waals surface area contributed by atoms with Gasteiger partial charge in [-0.2, -0.15) is 0 Å². The first kappa shape index (κ1) is 9.00. The highest BCUT2D eigenvalue weighted by atomic mass is 32.2. The predicted molar refractivity (Wildman–Crippen MR) is 45.3 cm³/mol. The second kappa shape index (κ2) is 3.54. The van der Waals surface area contributed by atoms with Crippen molar-refractivity contribution >= 4 is 9.84 Å². The van der Waals surface area contributed by atoms with Gasteiger partial charge in [0.05, 0.1) is 5.75 Å². The van der Waals surface area contributed by atoms with Gasteiger partial charge in [-0.1, -0.05) is 6.92 Å². The fraction of sp³-hybridized carbons (Fsp3) is 1.00. The van der Waals surface area contributed by atoms with Crippen molar-refractivity contribution in [2.24, 2.45) is 5.92 Å². The van der Waals surface area contributed by atoms with Crippen molar-refractivity contribution in [2.45, 2.75) is 13.3 Å². The smallest absolute Gasteiger partial charge is 0.150 e. The van der Waals surface area contributed by atoms with E-state index in [-0.39, 0.29) is 0 Å². The number of hydrogen-bond donors (Lipinski definition) is 1. The van der Waals surface area contributed by atoms with Gasteiger partial charge >= 0.3 is 0 Å². The maximum atomic E-state index is 11.2. The van der Waals surface area contributed by atoms with E-state index < -0.39 is 9.84 Å². The molecule has 0 radical (unpaired) electrons. The molecule has 1 fully saturated rings. The molecule has 0 amide bonds. The van der Waals surface area contributed by atoms with E-state index in [0.29, 0.717) is 17.4 Å². The molecule has 0 atom stereocenters. The maximum Gasteiger partial charge on any atom is 0.150 e. The first-order valence-electron chi connectivity index (χ1n) is 4.05. The summed E-state index contributed by atoms with van der Waals surface area (Å²) in [6.07, 6.45) is 0.739. The minimum Gasteiger partial charge on any atom is -0.316 e. The van der Waals surface area contributed by atoms with Gasteiger partial charge in [-0.05, 0) is 12.3 Å². The molecule has 1 heterocycles. The Hall–Kier alpha value is -0.0900.